The number of carbonyl (C=O) groups is 1. The van der Waals surface area contributed by atoms with Gasteiger partial charge in [-0.2, -0.15) is 5.26 Å². The summed E-state index contributed by atoms with van der Waals surface area (Å²) in [4.78, 5) is 11.7. The topological polar surface area (TPSA) is 92.8 Å². The third-order valence-corrected chi connectivity index (χ3v) is 2.71. The molecule has 7 nitrogen and oxygen atoms in total. The van der Waals surface area contributed by atoms with Gasteiger partial charge in [-0.15, -0.1) is 10.2 Å². The molecule has 0 saturated heterocycles. The van der Waals surface area contributed by atoms with E-state index in [4.69, 9.17) is 10.00 Å². The zero-order valence-electron chi connectivity index (χ0n) is 11.6. The second kappa shape index (κ2) is 7.05. The number of aromatic nitrogens is 3. The van der Waals surface area contributed by atoms with Crippen molar-refractivity contribution in [1.29, 1.82) is 5.26 Å². The van der Waals surface area contributed by atoms with E-state index in [-0.39, 0.29) is 18.3 Å². The van der Waals surface area contributed by atoms with Crippen LogP contribution in [0.3, 0.4) is 0 Å². The van der Waals surface area contributed by atoms with Crippen LogP contribution in [0.25, 0.3) is 0 Å². The van der Waals surface area contributed by atoms with Crippen LogP contribution in [0.4, 0.5) is 0 Å². The number of nitrogens with zero attached hydrogens (tertiary/aromatic N) is 4. The van der Waals surface area contributed by atoms with Crippen LogP contribution < -0.4 is 10.1 Å². The van der Waals surface area contributed by atoms with E-state index in [0.717, 1.165) is 11.3 Å². The van der Waals surface area contributed by atoms with Crippen molar-refractivity contribution in [3.63, 3.8) is 0 Å². The predicted molar refractivity (Wildman–Crippen MR) is 74.4 cm³/mol. The van der Waals surface area contributed by atoms with Gasteiger partial charge in [0.1, 0.15) is 31.3 Å². The van der Waals surface area contributed by atoms with Crippen molar-refractivity contribution in [2.24, 2.45) is 0 Å². The fourth-order valence-electron chi connectivity index (χ4n) is 1.73. The summed E-state index contributed by atoms with van der Waals surface area (Å²) in [5.41, 5.74) is 1.12. The molecule has 0 unspecified atom stereocenters. The van der Waals surface area contributed by atoms with Gasteiger partial charge < -0.3 is 10.1 Å². The Morgan fingerprint density at radius 1 is 1.52 bits per heavy atom. The molecule has 21 heavy (non-hydrogen) atoms. The standard InChI is InChI=1S/C14H15N5O2/c1-11-3-2-4-12(7-11)21-6-5-16-14(20)9-19-10-17-18-13(19)8-15/h2-4,7,10H,5-6,9H2,1H3,(H,16,20). The Labute approximate surface area is 122 Å². The first kappa shape index (κ1) is 14.5. The average Bonchev–Trinajstić information content (AvgIpc) is 2.91. The van der Waals surface area contributed by atoms with Gasteiger partial charge in [-0.25, -0.2) is 0 Å². The van der Waals surface area contributed by atoms with Crippen LogP contribution in [-0.2, 0) is 11.3 Å². The Morgan fingerprint density at radius 3 is 3.14 bits per heavy atom. The molecule has 1 aromatic heterocycles. The number of nitriles is 1. The van der Waals surface area contributed by atoms with Gasteiger partial charge in [0.2, 0.25) is 11.7 Å². The first-order chi connectivity index (χ1) is 10.2. The molecule has 7 heteroatoms. The Kier molecular flexibility index (Phi) is 4.88. The van der Waals surface area contributed by atoms with Crippen molar-refractivity contribution < 1.29 is 9.53 Å². The summed E-state index contributed by atoms with van der Waals surface area (Å²) in [6.45, 7) is 2.76. The fraction of sp³-hybridized carbons (Fsp3) is 0.286. The highest BCUT2D eigenvalue weighted by atomic mass is 16.5. The predicted octanol–water partition coefficient (Wildman–Crippen LogP) is 0.653. The summed E-state index contributed by atoms with van der Waals surface area (Å²) in [7, 11) is 0. The third-order valence-electron chi connectivity index (χ3n) is 2.71. The molecule has 2 rings (SSSR count). The lowest BCUT2D eigenvalue weighted by Gasteiger charge is -2.08. The number of nitrogens with one attached hydrogen (secondary N) is 1. The Balaban J connectivity index is 1.71. The molecule has 0 spiro atoms. The molecule has 2 aromatic rings. The van der Waals surface area contributed by atoms with Gasteiger partial charge in [0.25, 0.3) is 0 Å². The number of aryl methyl sites for hydroxylation is 1. The zero-order chi connectivity index (χ0) is 15.1. The van der Waals surface area contributed by atoms with Crippen LogP contribution in [0.2, 0.25) is 0 Å². The van der Waals surface area contributed by atoms with Gasteiger partial charge in [0, 0.05) is 0 Å². The number of carbonyl (C=O) groups excluding carboxylic acids is 1. The summed E-state index contributed by atoms with van der Waals surface area (Å²) in [6, 6.07) is 9.56. The maximum absolute atomic E-state index is 11.7. The Bertz CT molecular complexity index is 659. The molecule has 0 atom stereocenters. The lowest BCUT2D eigenvalue weighted by Crippen LogP contribution is -2.31. The highest BCUT2D eigenvalue weighted by Crippen LogP contribution is 2.11. The van der Waals surface area contributed by atoms with Crippen molar-refractivity contribution >= 4 is 5.91 Å². The maximum atomic E-state index is 11.7. The molecule has 0 saturated carbocycles. The van der Waals surface area contributed by atoms with Gasteiger partial charge in [-0.3, -0.25) is 9.36 Å². The van der Waals surface area contributed by atoms with E-state index in [9.17, 15) is 4.79 Å². The normalized spacial score (nSPS) is 9.90. The van der Waals surface area contributed by atoms with E-state index in [1.807, 2.05) is 37.3 Å². The summed E-state index contributed by atoms with van der Waals surface area (Å²) < 4.78 is 6.90. The van der Waals surface area contributed by atoms with E-state index in [2.05, 4.69) is 15.5 Å². The molecular weight excluding hydrogens is 270 g/mol. The second-order valence-corrected chi connectivity index (χ2v) is 4.41. The average molecular weight is 285 g/mol. The van der Waals surface area contributed by atoms with Crippen molar-refractivity contribution in [2.75, 3.05) is 13.2 Å². The zero-order valence-corrected chi connectivity index (χ0v) is 11.6. The molecule has 1 heterocycles. The van der Waals surface area contributed by atoms with E-state index >= 15 is 0 Å². The second-order valence-electron chi connectivity index (χ2n) is 4.41. The smallest absolute Gasteiger partial charge is 0.240 e. The fourth-order valence-corrected chi connectivity index (χ4v) is 1.73. The molecular formula is C14H15N5O2. The lowest BCUT2D eigenvalue weighted by molar-refractivity contribution is -0.121. The van der Waals surface area contributed by atoms with Crippen molar-refractivity contribution in [3.05, 3.63) is 42.0 Å². The van der Waals surface area contributed by atoms with Crippen LogP contribution >= 0.6 is 0 Å². The number of benzene rings is 1. The molecule has 0 radical (unpaired) electrons. The molecule has 0 aliphatic rings. The number of hydrogen-bond acceptors (Lipinski definition) is 5. The summed E-state index contributed by atoms with van der Waals surface area (Å²) in [5.74, 6) is 0.662. The summed E-state index contributed by atoms with van der Waals surface area (Å²) >= 11 is 0. The first-order valence-corrected chi connectivity index (χ1v) is 6.43. The number of rotatable bonds is 6. The minimum absolute atomic E-state index is 0.0142. The van der Waals surface area contributed by atoms with Gasteiger partial charge in [0.15, 0.2) is 0 Å². The Hall–Kier alpha value is -2.88. The van der Waals surface area contributed by atoms with Crippen molar-refractivity contribution in [1.82, 2.24) is 20.1 Å². The van der Waals surface area contributed by atoms with Crippen LogP contribution in [0.5, 0.6) is 5.75 Å². The number of ether oxygens (including phenoxy) is 1. The van der Waals surface area contributed by atoms with Crippen LogP contribution in [-0.4, -0.2) is 33.8 Å². The highest BCUT2D eigenvalue weighted by Gasteiger charge is 2.07. The third kappa shape index (κ3) is 4.31. The quantitative estimate of drug-likeness (QED) is 0.787. The SMILES string of the molecule is Cc1cccc(OCCNC(=O)Cn2cnnc2C#N)c1. The van der Waals surface area contributed by atoms with Gasteiger partial charge in [-0.05, 0) is 24.6 Å². The van der Waals surface area contributed by atoms with E-state index in [1.54, 1.807) is 0 Å². The first-order valence-electron chi connectivity index (χ1n) is 6.43. The summed E-state index contributed by atoms with van der Waals surface area (Å²) in [5, 5.41) is 18.6. The van der Waals surface area contributed by atoms with Gasteiger partial charge >= 0.3 is 0 Å². The van der Waals surface area contributed by atoms with Gasteiger partial charge in [-0.1, -0.05) is 12.1 Å². The molecule has 1 amide bonds. The van der Waals surface area contributed by atoms with Crippen molar-refractivity contribution in [2.45, 2.75) is 13.5 Å². The van der Waals surface area contributed by atoms with E-state index in [0.29, 0.717) is 13.2 Å². The van der Waals surface area contributed by atoms with Crippen molar-refractivity contribution in [3.8, 4) is 11.8 Å². The molecule has 108 valence electrons. The lowest BCUT2D eigenvalue weighted by atomic mass is 10.2. The monoisotopic (exact) mass is 285 g/mol. The summed E-state index contributed by atoms with van der Waals surface area (Å²) in [6.07, 6.45) is 1.35. The molecule has 0 aliphatic heterocycles. The number of amides is 1. The maximum Gasteiger partial charge on any atom is 0.240 e. The highest BCUT2D eigenvalue weighted by molar-refractivity contribution is 5.75. The Morgan fingerprint density at radius 2 is 2.38 bits per heavy atom. The van der Waals surface area contributed by atoms with Gasteiger partial charge in [0.05, 0.1) is 6.54 Å². The molecule has 0 bridgehead atoms. The van der Waals surface area contributed by atoms with Crippen LogP contribution in [0.1, 0.15) is 11.4 Å². The van der Waals surface area contributed by atoms with Crippen LogP contribution in [0.15, 0.2) is 30.6 Å². The molecule has 0 aliphatic carbocycles. The minimum Gasteiger partial charge on any atom is -0.492 e. The number of hydrogen-bond donors (Lipinski definition) is 1. The van der Waals surface area contributed by atoms with Crippen LogP contribution in [0, 0.1) is 18.3 Å². The van der Waals surface area contributed by atoms with E-state index in [1.165, 1.54) is 10.9 Å². The van der Waals surface area contributed by atoms with E-state index < -0.39 is 0 Å². The minimum atomic E-state index is -0.223. The largest absolute Gasteiger partial charge is 0.492 e. The molecule has 0 fully saturated rings. The molecule has 1 N–H and O–H groups in total. The molecule has 1 aromatic carbocycles.